The standard InChI is InChI=1S/3C22H29N6O7P/c3*1-13(2)34-22(29)15(4)27-36(30,35-16-5-6-17-18(7-16)32-11-31-17)12-33-14(3)8-28-10-26-19-20(23)24-9-25-21(19)28/h3*5-7,9-10,13-15H,8,11-12H2,1-4H3,(H,27,30)(H2,23,24,25)/t14-,15-,36?;14-,15-,36+;14-,15-,36-/m111/s1. The number of hydrogen-bond donors (Lipinski definition) is 6. The second-order valence-corrected chi connectivity index (χ2v) is 31.8. The van der Waals surface area contributed by atoms with Gasteiger partial charge in [-0.2, -0.15) is 0 Å². The number of nitrogens with two attached hydrogens (primary N) is 3. The minimum atomic E-state index is -3.76. The van der Waals surface area contributed by atoms with Crippen LogP contribution in [-0.4, -0.2) is 171 Å². The van der Waals surface area contributed by atoms with Crippen molar-refractivity contribution in [1.82, 2.24) is 73.8 Å². The first-order chi connectivity index (χ1) is 51.4. The molecule has 0 bridgehead atoms. The van der Waals surface area contributed by atoms with E-state index in [9.17, 15) is 28.1 Å². The van der Waals surface area contributed by atoms with E-state index in [1.54, 1.807) is 170 Å². The molecule has 12 rings (SSSR count). The van der Waals surface area contributed by atoms with Gasteiger partial charge < -0.3 is 101 Å². The van der Waals surface area contributed by atoms with Crippen molar-refractivity contribution in [2.45, 2.75) is 157 Å². The monoisotopic (exact) mass is 1560 g/mol. The molecular formula is C66H87N18O21P3. The number of ether oxygens (including phenoxy) is 12. The minimum absolute atomic E-state index is 0.0902. The van der Waals surface area contributed by atoms with Crippen LogP contribution in [0.25, 0.3) is 33.5 Å². The van der Waals surface area contributed by atoms with Crippen molar-refractivity contribution in [1.29, 1.82) is 0 Å². The van der Waals surface area contributed by atoms with E-state index in [1.807, 2.05) is 0 Å². The Hall–Kier alpha value is -10.2. The van der Waals surface area contributed by atoms with Crippen molar-refractivity contribution < 1.29 is 98.5 Å². The van der Waals surface area contributed by atoms with Gasteiger partial charge in [0.05, 0.1) is 75.2 Å². The average Bonchev–Trinajstić information content (AvgIpc) is 1.58. The van der Waals surface area contributed by atoms with Crippen molar-refractivity contribution in [3.05, 3.63) is 92.6 Å². The van der Waals surface area contributed by atoms with Gasteiger partial charge >= 0.3 is 40.5 Å². The largest absolute Gasteiger partial charge is 0.462 e. The third kappa shape index (κ3) is 21.6. The number of aromatic nitrogens is 12. The van der Waals surface area contributed by atoms with Crippen LogP contribution in [0.2, 0.25) is 0 Å². The summed E-state index contributed by atoms with van der Waals surface area (Å²) >= 11 is 0. The van der Waals surface area contributed by atoms with Gasteiger partial charge in [-0.15, -0.1) is 0 Å². The van der Waals surface area contributed by atoms with Crippen molar-refractivity contribution in [3.8, 4) is 51.7 Å². The number of fused-ring (bicyclic) bond motifs is 6. The molecule has 42 heteroatoms. The van der Waals surface area contributed by atoms with Crippen LogP contribution in [-0.2, 0) is 76.1 Å². The second-order valence-electron chi connectivity index (χ2n) is 25.7. The molecule has 9 heterocycles. The maximum Gasteiger partial charge on any atom is 0.342 e. The second kappa shape index (κ2) is 35.7. The van der Waals surface area contributed by atoms with E-state index in [0.29, 0.717) is 87.6 Å². The van der Waals surface area contributed by atoms with Gasteiger partial charge in [-0.05, 0) is 119 Å². The van der Waals surface area contributed by atoms with Crippen LogP contribution in [0.1, 0.15) is 83.1 Å². The number of imidazole rings is 3. The molecule has 3 aliphatic heterocycles. The lowest BCUT2D eigenvalue weighted by Crippen LogP contribution is -2.37. The molecule has 9 N–H and O–H groups in total. The number of esters is 3. The van der Waals surface area contributed by atoms with Gasteiger partial charge in [0.2, 0.25) is 20.4 Å². The van der Waals surface area contributed by atoms with Crippen molar-refractivity contribution in [2.24, 2.45) is 0 Å². The summed E-state index contributed by atoms with van der Waals surface area (Å²) in [6.45, 7) is 21.8. The Kier molecular flexibility index (Phi) is 26.5. The molecule has 9 atom stereocenters. The van der Waals surface area contributed by atoms with Crippen molar-refractivity contribution in [2.75, 3.05) is 56.6 Å². The SMILES string of the molecule is CC(C)OC(=O)[C@@H](C)NP(=O)(CO[C@H](C)Cn1cnc2c(N)ncnc21)Oc1ccc2c(c1)OCO2.CC(C)OC(=O)[C@@H](C)N[P@@](=O)(CO[C@H](C)Cn1cnc2c(N)ncnc21)Oc1ccc2c(c1)OCO2.CC(C)OC(=O)[C@@H](C)N[P@](=O)(CO[C@H](C)Cn1cnc2c(N)ncnc21)Oc1ccc2c(c1)OCO2. The fraction of sp³-hybridized carbons (Fsp3) is 0.455. The van der Waals surface area contributed by atoms with Crippen LogP contribution in [0.3, 0.4) is 0 Å². The van der Waals surface area contributed by atoms with E-state index >= 15 is 0 Å². The molecule has 0 fully saturated rings. The zero-order valence-electron chi connectivity index (χ0n) is 61.2. The average molecular weight is 1560 g/mol. The van der Waals surface area contributed by atoms with Crippen LogP contribution in [0, 0.1) is 0 Å². The summed E-state index contributed by atoms with van der Waals surface area (Å²) in [5.41, 5.74) is 20.7. The maximum absolute atomic E-state index is 13.9. The molecule has 0 saturated carbocycles. The molecule has 9 aromatic rings. The summed E-state index contributed by atoms with van der Waals surface area (Å²) < 4.78 is 130. The highest BCUT2D eigenvalue weighted by Gasteiger charge is 2.37. The molecule has 0 aliphatic carbocycles. The lowest BCUT2D eigenvalue weighted by atomic mass is 10.3. The van der Waals surface area contributed by atoms with Gasteiger partial charge in [0.1, 0.15) is 90.0 Å². The molecule has 582 valence electrons. The molecule has 1 unspecified atom stereocenters. The van der Waals surface area contributed by atoms with Crippen LogP contribution in [0.5, 0.6) is 51.7 Å². The highest BCUT2D eigenvalue weighted by atomic mass is 31.2. The Balaban J connectivity index is 0.000000173. The van der Waals surface area contributed by atoms with Gasteiger partial charge in [-0.3, -0.25) is 28.1 Å². The van der Waals surface area contributed by atoms with Gasteiger partial charge in [-0.25, -0.2) is 60.1 Å². The smallest absolute Gasteiger partial charge is 0.342 e. The fourth-order valence-corrected chi connectivity index (χ4v) is 15.7. The number of nitrogens with zero attached hydrogens (tertiary/aromatic N) is 12. The molecule has 0 saturated heterocycles. The normalized spacial score (nSPS) is 16.0. The first-order valence-electron chi connectivity index (χ1n) is 34.0. The Labute approximate surface area is 619 Å². The lowest BCUT2D eigenvalue weighted by Gasteiger charge is -2.25. The number of carbonyl (C=O) groups is 3. The number of carbonyl (C=O) groups excluding carboxylic acids is 3. The van der Waals surface area contributed by atoms with Gasteiger partial charge in [0.15, 0.2) is 68.9 Å². The Morgan fingerprint density at radius 2 is 0.657 bits per heavy atom. The van der Waals surface area contributed by atoms with Crippen LogP contribution < -0.4 is 74.5 Å². The lowest BCUT2D eigenvalue weighted by molar-refractivity contribution is -0.149. The highest BCUT2D eigenvalue weighted by molar-refractivity contribution is 7.57. The predicted molar refractivity (Wildman–Crippen MR) is 389 cm³/mol. The van der Waals surface area contributed by atoms with E-state index in [1.165, 1.54) is 19.0 Å². The summed E-state index contributed by atoms with van der Waals surface area (Å²) in [6.07, 6.45) is 5.60. The van der Waals surface area contributed by atoms with E-state index in [4.69, 9.17) is 87.6 Å². The first-order valence-corrected chi connectivity index (χ1v) is 39.4. The topological polar surface area (TPSA) is 486 Å². The fourth-order valence-electron chi connectivity index (χ4n) is 10.4. The van der Waals surface area contributed by atoms with E-state index < -0.39 is 76.9 Å². The summed E-state index contributed by atoms with van der Waals surface area (Å²) in [5, 5.41) is 8.31. The number of benzene rings is 3. The summed E-state index contributed by atoms with van der Waals surface area (Å²) in [6, 6.07) is 11.7. The van der Waals surface area contributed by atoms with Crippen LogP contribution >= 0.6 is 22.6 Å². The van der Waals surface area contributed by atoms with E-state index in [0.717, 1.165) is 0 Å². The third-order valence-corrected chi connectivity index (χ3v) is 20.6. The molecule has 3 aliphatic rings. The predicted octanol–water partition coefficient (Wildman–Crippen LogP) is 8.10. The number of anilines is 3. The first kappa shape index (κ1) is 80.3. The third-order valence-electron chi connectivity index (χ3n) is 15.3. The summed E-state index contributed by atoms with van der Waals surface area (Å²) in [7, 11) is -11.3. The summed E-state index contributed by atoms with van der Waals surface area (Å²) in [4.78, 5) is 74.3. The van der Waals surface area contributed by atoms with Crippen LogP contribution in [0.4, 0.5) is 17.5 Å². The Morgan fingerprint density at radius 1 is 0.398 bits per heavy atom. The maximum atomic E-state index is 13.9. The molecule has 39 nitrogen and oxygen atoms in total. The van der Waals surface area contributed by atoms with E-state index in [2.05, 4.69) is 60.1 Å². The van der Waals surface area contributed by atoms with Crippen molar-refractivity contribution >= 4 is 91.4 Å². The van der Waals surface area contributed by atoms with E-state index in [-0.39, 0.29) is 92.4 Å². The zero-order valence-corrected chi connectivity index (χ0v) is 63.9. The number of nitrogens with one attached hydrogen (secondary N) is 3. The zero-order chi connectivity index (χ0) is 77.6. The van der Waals surface area contributed by atoms with Crippen LogP contribution in [0.15, 0.2) is 92.6 Å². The molecule has 3 aromatic carbocycles. The number of rotatable bonds is 33. The Bertz CT molecular complexity index is 4310. The Morgan fingerprint density at radius 3 is 0.917 bits per heavy atom. The van der Waals surface area contributed by atoms with Gasteiger partial charge in [0, 0.05) is 18.2 Å². The van der Waals surface area contributed by atoms with Crippen molar-refractivity contribution in [3.63, 3.8) is 0 Å². The highest BCUT2D eigenvalue weighted by Crippen LogP contribution is 2.50. The molecule has 0 spiro atoms. The molecule has 0 amide bonds. The number of nitrogen functional groups attached to an aromatic ring is 3. The van der Waals surface area contributed by atoms with Gasteiger partial charge in [-0.1, -0.05) is 0 Å². The number of hydrogen-bond acceptors (Lipinski definition) is 33. The minimum Gasteiger partial charge on any atom is -0.462 e. The molecule has 6 aromatic heterocycles. The summed E-state index contributed by atoms with van der Waals surface area (Å²) in [5.74, 6) is 3.02. The molecular weight excluding hydrogens is 1470 g/mol. The molecule has 108 heavy (non-hydrogen) atoms. The quantitative estimate of drug-likeness (QED) is 0.0128. The molecule has 0 radical (unpaired) electrons. The van der Waals surface area contributed by atoms with Gasteiger partial charge in [0.25, 0.3) is 0 Å².